The van der Waals surface area contributed by atoms with Gasteiger partial charge in [0.05, 0.1) is 6.10 Å². The minimum Gasteiger partial charge on any atom is 0 e. The van der Waals surface area contributed by atoms with E-state index in [1.165, 1.54) is 39.5 Å². The standard InChI is InChI=1S/C30H29BrNOP.C14H4.C12H15NO2.B14/c1-23(33)32-25-21-20-24-12-11-19-30(29(24)22-25)34(31,26-13-5-2-6-14-26,27-15-7-3-8-16-27)28-17-9-4-10-18-28;1-3-5-7-9-11-13-14-12-10-8-6-4-2;1-8(14)13-10-6-5-9-3-2-4-12(15)11(9)7-10;1-9(2)13(10(3)4)14(11(5)6)12(7)8/h2-10,13-18,20-22,30H,11-12,19H2,1H3,(H,32,33);1-2H2;5-7,12,15H,2-4H2,1H3,(H,13,14);. The van der Waals surface area contributed by atoms with Crippen molar-refractivity contribution >= 4 is 160 Å². The number of anilines is 2. The van der Waals surface area contributed by atoms with E-state index in [4.69, 9.17) is 61.9 Å². The second kappa shape index (κ2) is 32.0. The number of hydrogen-bond donors (Lipinski definition) is 3. The van der Waals surface area contributed by atoms with E-state index in [0.29, 0.717) is 0 Å². The van der Waals surface area contributed by atoms with E-state index in [1.807, 2.05) is 24.3 Å². The summed E-state index contributed by atoms with van der Waals surface area (Å²) in [6, 6.07) is 45.2. The molecule has 2 aliphatic rings. The topological polar surface area (TPSA) is 78.4 Å². The molecule has 0 bridgehead atoms. The molecule has 7 rings (SSSR count). The van der Waals surface area contributed by atoms with Gasteiger partial charge in [-0.05, 0) is 113 Å². The first-order chi connectivity index (χ1) is 36.9. The summed E-state index contributed by atoms with van der Waals surface area (Å²) in [6.45, 7) is 9.62. The second-order valence-electron chi connectivity index (χ2n) is 18.2. The number of aliphatic hydroxyl groups is 1. The molecule has 5 aromatic carbocycles. The summed E-state index contributed by atoms with van der Waals surface area (Å²) in [7, 11) is 44.1. The Kier molecular flexibility index (Phi) is 26.3. The van der Waals surface area contributed by atoms with E-state index in [-0.39, 0.29) is 23.6 Å². The summed E-state index contributed by atoms with van der Waals surface area (Å²) in [5, 5.41) is 16.4. The monoisotopic (exact) mass is 1060 g/mol. The summed E-state index contributed by atoms with van der Waals surface area (Å²) >= 11 is 4.67. The SMILES string of the molecule is C=C=C=C=C=C=C=C=C=C=C=C=C=C.CC(=O)Nc1ccc2c(c1)C(O)CCC2.CC(=O)Nc1ccc2c(c1)C(P(Br)(c1ccccc1)(c1ccccc1)c1ccccc1)CCC2.[B]B([B])B(B([B])[B])B(B([B])[B])B([B])[B]. The molecule has 2 aliphatic carbocycles. The second-order valence-corrected chi connectivity index (χ2v) is 26.9. The third-order valence-corrected chi connectivity index (χ3v) is 23.6. The van der Waals surface area contributed by atoms with Crippen LogP contribution in [0.25, 0.3) is 0 Å². The number of carbonyl (C=O) groups is 2. The van der Waals surface area contributed by atoms with Crippen LogP contribution in [0.5, 0.6) is 0 Å². The molecule has 3 N–H and O–H groups in total. The van der Waals surface area contributed by atoms with Gasteiger partial charge in [-0.3, -0.25) is 4.79 Å². The molecule has 354 valence electrons. The fourth-order valence-electron chi connectivity index (χ4n) is 9.64. The number of hydrogen-bond acceptors (Lipinski definition) is 3. The van der Waals surface area contributed by atoms with Gasteiger partial charge in [0.1, 0.15) is 0 Å². The van der Waals surface area contributed by atoms with Crippen molar-refractivity contribution in [3.05, 3.63) is 232 Å². The molecule has 16 radical (unpaired) electrons. The minimum absolute atomic E-state index is 0.0437. The van der Waals surface area contributed by atoms with Crippen molar-refractivity contribution in [1.82, 2.24) is 0 Å². The largest absolute Gasteiger partial charge is 0 e. The molecule has 0 heterocycles. The van der Waals surface area contributed by atoms with Crippen LogP contribution in [0.1, 0.15) is 73.5 Å². The third kappa shape index (κ3) is 17.7. The molecule has 0 saturated carbocycles. The molecular formula is C56H48B14BrN2O3P. The zero-order chi connectivity index (χ0) is 56.4. The van der Waals surface area contributed by atoms with Crippen molar-refractivity contribution < 1.29 is 14.7 Å². The number of halogens is 1. The molecular weight excluding hydrogens is 1010 g/mol. The van der Waals surface area contributed by atoms with Gasteiger partial charge < -0.3 is 10.4 Å². The van der Waals surface area contributed by atoms with E-state index in [1.54, 1.807) is 6.92 Å². The van der Waals surface area contributed by atoms with Crippen molar-refractivity contribution in [2.75, 3.05) is 10.6 Å². The third-order valence-electron chi connectivity index (χ3n) is 12.8. The minimum atomic E-state index is -3.17. The van der Waals surface area contributed by atoms with E-state index < -0.39 is 43.6 Å². The summed E-state index contributed by atoms with van der Waals surface area (Å²) in [4.78, 5) is 22.8. The van der Waals surface area contributed by atoms with Crippen molar-refractivity contribution in [2.24, 2.45) is 0 Å². The Bertz CT molecular complexity index is 3100. The first-order valence-electron chi connectivity index (χ1n) is 24.9. The maximum Gasteiger partial charge on any atom is 0 e. The summed E-state index contributed by atoms with van der Waals surface area (Å²) in [5.74, 6) is -0.127. The van der Waals surface area contributed by atoms with E-state index in [2.05, 4.69) is 211 Å². The maximum atomic E-state index is 11.9. The molecule has 5 nitrogen and oxygen atoms in total. The van der Waals surface area contributed by atoms with Crippen molar-refractivity contribution in [2.45, 2.75) is 64.1 Å². The quantitative estimate of drug-likeness (QED) is 0.0838. The molecule has 21 heteroatoms. The molecule has 0 saturated heterocycles. The van der Waals surface area contributed by atoms with Gasteiger partial charge in [-0.25, -0.2) is 0 Å². The first kappa shape index (κ1) is 63.5. The Balaban J connectivity index is 0.000000249. The molecule has 0 aromatic heterocycles. The number of amides is 2. The van der Waals surface area contributed by atoms with Gasteiger partial charge in [0.2, 0.25) is 5.91 Å². The average Bonchev–Trinajstić information content (AvgIpc) is 3.48. The summed E-state index contributed by atoms with van der Waals surface area (Å²) in [6.07, 6.45) is 1.68. The molecule has 77 heavy (non-hydrogen) atoms. The molecule has 0 fully saturated rings. The van der Waals surface area contributed by atoms with Crippen LogP contribution in [-0.4, -0.2) is 117 Å². The van der Waals surface area contributed by atoms with Gasteiger partial charge in [0.25, 0.3) is 0 Å². The van der Waals surface area contributed by atoms with Crippen molar-refractivity contribution in [1.29, 1.82) is 0 Å². The number of aliphatic hydroxyl groups excluding tert-OH is 1. The zero-order valence-corrected chi connectivity index (χ0v) is 46.1. The predicted octanol–water partition coefficient (Wildman–Crippen LogP) is 6.21. The van der Waals surface area contributed by atoms with Gasteiger partial charge in [0.15, 0.2) is 0 Å². The van der Waals surface area contributed by atoms with E-state index in [0.717, 1.165) is 55.5 Å². The van der Waals surface area contributed by atoms with Crippen LogP contribution in [0.15, 0.2) is 209 Å². The number of rotatable bonds is 11. The Morgan fingerprint density at radius 1 is 0.519 bits per heavy atom. The van der Waals surface area contributed by atoms with Crippen molar-refractivity contribution in [3.8, 4) is 0 Å². The van der Waals surface area contributed by atoms with Gasteiger partial charge in [-0.1, -0.05) is 17.5 Å². The number of aryl methyl sites for hydroxylation is 2. The Morgan fingerprint density at radius 3 is 1.18 bits per heavy atom. The Morgan fingerprint density at radius 2 is 0.844 bits per heavy atom. The van der Waals surface area contributed by atoms with Crippen LogP contribution in [0.2, 0.25) is 0 Å². The molecule has 2 amide bonds. The first-order valence-corrected chi connectivity index (χ1v) is 29.2. The van der Waals surface area contributed by atoms with Crippen LogP contribution >= 0.6 is 20.8 Å². The maximum absolute atomic E-state index is 11.9. The van der Waals surface area contributed by atoms with Gasteiger partial charge >= 0.3 is 211 Å². The van der Waals surface area contributed by atoms with Crippen LogP contribution < -0.4 is 26.5 Å². The number of fused-ring (bicyclic) bond motifs is 2. The van der Waals surface area contributed by atoms with E-state index >= 15 is 0 Å². The number of nitrogens with one attached hydrogen (secondary N) is 2. The molecule has 2 atom stereocenters. The Hall–Kier alpha value is -6.08. The molecule has 0 spiro atoms. The van der Waals surface area contributed by atoms with Gasteiger partial charge in [-0.15, -0.1) is 0 Å². The van der Waals surface area contributed by atoms with Gasteiger partial charge in [-0.2, -0.15) is 0 Å². The number of benzene rings is 5. The molecule has 5 aromatic rings. The summed E-state index contributed by atoms with van der Waals surface area (Å²) in [5.41, 5.74) is 36.2. The molecule has 2 unspecified atom stereocenters. The van der Waals surface area contributed by atoms with Crippen LogP contribution in [0.3, 0.4) is 0 Å². The fourth-order valence-corrected chi connectivity index (χ4v) is 18.7. The molecule has 0 aliphatic heterocycles. The van der Waals surface area contributed by atoms with Crippen LogP contribution in [0, 0.1) is 0 Å². The predicted molar refractivity (Wildman–Crippen MR) is 343 cm³/mol. The fraction of sp³-hybridized carbons (Fsp3) is 0.179. The van der Waals surface area contributed by atoms with Crippen LogP contribution in [0.4, 0.5) is 11.4 Å². The number of carbonyl (C=O) groups excluding carboxylic acids is 2. The van der Waals surface area contributed by atoms with Crippen molar-refractivity contribution in [3.63, 3.8) is 0 Å². The van der Waals surface area contributed by atoms with Gasteiger partial charge in [0, 0.05) is 113 Å². The van der Waals surface area contributed by atoms with Crippen LogP contribution in [-0.2, 0) is 22.4 Å². The zero-order valence-electron chi connectivity index (χ0n) is 43.6. The average molecular weight is 1060 g/mol. The smallest absolute Gasteiger partial charge is 0 e. The Labute approximate surface area is 477 Å². The van der Waals surface area contributed by atoms with E-state index in [9.17, 15) is 14.7 Å². The summed E-state index contributed by atoms with van der Waals surface area (Å²) < 4.78 is 0. The normalized spacial score (nSPS) is 13.4.